The molecule has 0 heterocycles. The summed E-state index contributed by atoms with van der Waals surface area (Å²) in [6.07, 6.45) is 0. The van der Waals surface area contributed by atoms with Crippen molar-refractivity contribution >= 4 is 17.6 Å². The Morgan fingerprint density at radius 3 is 2.40 bits per heavy atom. The first kappa shape index (κ1) is 11.2. The first-order valence-electron chi connectivity index (χ1n) is 4.29. The molecule has 0 spiro atoms. The lowest BCUT2D eigenvalue weighted by atomic mass is 10.2. The van der Waals surface area contributed by atoms with Gasteiger partial charge < -0.3 is 15.2 Å². The fraction of sp³-hybridized carbons (Fsp3) is 0.200. The van der Waals surface area contributed by atoms with Crippen molar-refractivity contribution in [2.24, 2.45) is 0 Å². The van der Waals surface area contributed by atoms with Crippen molar-refractivity contribution in [3.8, 4) is 0 Å². The smallest absolute Gasteiger partial charge is 0.340 e. The van der Waals surface area contributed by atoms with Crippen LogP contribution in [0, 0.1) is 0 Å². The number of ether oxygens (including phenoxy) is 1. The van der Waals surface area contributed by atoms with Crippen LogP contribution in [0.3, 0.4) is 0 Å². The Morgan fingerprint density at radius 2 is 1.93 bits per heavy atom. The van der Waals surface area contributed by atoms with Gasteiger partial charge in [-0.05, 0) is 24.3 Å². The molecule has 0 aliphatic heterocycles. The van der Waals surface area contributed by atoms with Gasteiger partial charge in [0, 0.05) is 12.6 Å². The molecule has 0 atom stereocenters. The van der Waals surface area contributed by atoms with Crippen LogP contribution in [-0.2, 0) is 9.53 Å². The van der Waals surface area contributed by atoms with E-state index in [1.54, 1.807) is 12.1 Å². The van der Waals surface area contributed by atoms with Crippen molar-refractivity contribution in [1.29, 1.82) is 0 Å². The summed E-state index contributed by atoms with van der Waals surface area (Å²) in [5, 5.41) is 10.9. The molecule has 1 amide bonds. The number of hydrogen-bond acceptors (Lipinski definition) is 4. The van der Waals surface area contributed by atoms with Crippen LogP contribution in [-0.4, -0.2) is 23.8 Å². The molecule has 0 radical (unpaired) electrons. The number of esters is 1. The van der Waals surface area contributed by atoms with Gasteiger partial charge in [0.2, 0.25) is 5.91 Å². The molecule has 0 saturated carbocycles. The lowest BCUT2D eigenvalue weighted by molar-refractivity contribution is -0.114. The third kappa shape index (κ3) is 3.40. The summed E-state index contributed by atoms with van der Waals surface area (Å²) in [5.74, 6) is -0.785. The van der Waals surface area contributed by atoms with Crippen molar-refractivity contribution in [2.75, 3.05) is 12.1 Å². The van der Waals surface area contributed by atoms with Gasteiger partial charge in [0.25, 0.3) is 0 Å². The highest BCUT2D eigenvalue weighted by Gasteiger charge is 2.05. The summed E-state index contributed by atoms with van der Waals surface area (Å²) in [6, 6.07) is 6.16. The number of nitrogens with one attached hydrogen (secondary N) is 1. The average molecular weight is 209 g/mol. The maximum Gasteiger partial charge on any atom is 0.340 e. The van der Waals surface area contributed by atoms with E-state index in [2.05, 4.69) is 10.1 Å². The van der Waals surface area contributed by atoms with Gasteiger partial charge in [0.05, 0.1) is 5.56 Å². The van der Waals surface area contributed by atoms with Crippen LogP contribution in [0.5, 0.6) is 0 Å². The van der Waals surface area contributed by atoms with Crippen molar-refractivity contribution < 1.29 is 19.4 Å². The van der Waals surface area contributed by atoms with Crippen LogP contribution in [0.4, 0.5) is 5.69 Å². The lowest BCUT2D eigenvalue weighted by Crippen LogP contribution is -2.08. The molecule has 0 aromatic heterocycles. The molecule has 1 aromatic rings. The summed E-state index contributed by atoms with van der Waals surface area (Å²) in [6.45, 7) is 0.750. The van der Waals surface area contributed by atoms with Crippen LogP contribution in [0.15, 0.2) is 24.3 Å². The molecule has 0 aliphatic rings. The number of carbonyl (C=O) groups excluding carboxylic acids is 2. The summed E-state index contributed by atoms with van der Waals surface area (Å²) in [5.41, 5.74) is 0.918. The van der Waals surface area contributed by atoms with Gasteiger partial charge in [-0.1, -0.05) is 0 Å². The van der Waals surface area contributed by atoms with Crippen molar-refractivity contribution in [3.05, 3.63) is 29.8 Å². The summed E-state index contributed by atoms with van der Waals surface area (Å²) in [4.78, 5) is 21.8. The zero-order valence-electron chi connectivity index (χ0n) is 8.19. The van der Waals surface area contributed by atoms with E-state index >= 15 is 0 Å². The highest BCUT2D eigenvalue weighted by Crippen LogP contribution is 2.10. The number of anilines is 1. The van der Waals surface area contributed by atoms with E-state index in [9.17, 15) is 9.59 Å². The van der Waals surface area contributed by atoms with E-state index in [0.717, 1.165) is 0 Å². The van der Waals surface area contributed by atoms with Crippen LogP contribution in [0.25, 0.3) is 0 Å². The topological polar surface area (TPSA) is 75.6 Å². The number of aliphatic hydroxyl groups is 1. The molecule has 5 nitrogen and oxygen atoms in total. The predicted molar refractivity (Wildman–Crippen MR) is 53.2 cm³/mol. The zero-order valence-corrected chi connectivity index (χ0v) is 8.19. The van der Waals surface area contributed by atoms with Gasteiger partial charge in [0.15, 0.2) is 6.79 Å². The van der Waals surface area contributed by atoms with Crippen LogP contribution in [0.1, 0.15) is 17.3 Å². The van der Waals surface area contributed by atoms with E-state index < -0.39 is 12.8 Å². The highest BCUT2D eigenvalue weighted by molar-refractivity contribution is 5.92. The van der Waals surface area contributed by atoms with Crippen LogP contribution in [0.2, 0.25) is 0 Å². The third-order valence-corrected chi connectivity index (χ3v) is 1.64. The van der Waals surface area contributed by atoms with E-state index in [1.165, 1.54) is 19.1 Å². The second-order valence-corrected chi connectivity index (χ2v) is 2.82. The van der Waals surface area contributed by atoms with Crippen molar-refractivity contribution in [1.82, 2.24) is 0 Å². The van der Waals surface area contributed by atoms with E-state index in [0.29, 0.717) is 11.3 Å². The molecule has 2 N–H and O–H groups in total. The molecule has 0 bridgehead atoms. The average Bonchev–Trinajstić information content (AvgIpc) is 2.18. The Hall–Kier alpha value is -1.88. The van der Waals surface area contributed by atoms with E-state index in [1.807, 2.05) is 0 Å². The fourth-order valence-electron chi connectivity index (χ4n) is 1.03. The molecular weight excluding hydrogens is 198 g/mol. The van der Waals surface area contributed by atoms with Gasteiger partial charge in [-0.15, -0.1) is 0 Å². The quantitative estimate of drug-likeness (QED) is 0.569. The summed E-state index contributed by atoms with van der Waals surface area (Å²) < 4.78 is 4.38. The molecule has 1 aromatic carbocycles. The number of hydrogen-bond donors (Lipinski definition) is 2. The Bertz CT molecular complexity index is 358. The van der Waals surface area contributed by atoms with Gasteiger partial charge in [-0.3, -0.25) is 4.79 Å². The minimum absolute atomic E-state index is 0.180. The van der Waals surface area contributed by atoms with Crippen molar-refractivity contribution in [2.45, 2.75) is 6.92 Å². The summed E-state index contributed by atoms with van der Waals surface area (Å²) >= 11 is 0. The Labute approximate surface area is 86.7 Å². The monoisotopic (exact) mass is 209 g/mol. The first-order chi connectivity index (χ1) is 7.13. The molecule has 15 heavy (non-hydrogen) atoms. The third-order valence-electron chi connectivity index (χ3n) is 1.64. The Kier molecular flexibility index (Phi) is 3.82. The van der Waals surface area contributed by atoms with Crippen LogP contribution >= 0.6 is 0 Å². The number of amides is 1. The number of benzene rings is 1. The van der Waals surface area contributed by atoms with E-state index in [-0.39, 0.29) is 5.91 Å². The molecule has 0 unspecified atom stereocenters. The lowest BCUT2D eigenvalue weighted by Gasteiger charge is -2.03. The van der Waals surface area contributed by atoms with Gasteiger partial charge in [-0.2, -0.15) is 0 Å². The normalized spacial score (nSPS) is 9.47. The molecule has 5 heteroatoms. The van der Waals surface area contributed by atoms with Crippen LogP contribution < -0.4 is 5.32 Å². The zero-order chi connectivity index (χ0) is 11.3. The molecule has 0 aliphatic carbocycles. The number of aliphatic hydroxyl groups excluding tert-OH is 1. The molecular formula is C10H11NO4. The number of rotatable bonds is 3. The largest absolute Gasteiger partial charge is 0.435 e. The highest BCUT2D eigenvalue weighted by atomic mass is 16.6. The molecule has 80 valence electrons. The first-order valence-corrected chi connectivity index (χ1v) is 4.29. The molecule has 1 rings (SSSR count). The number of carbonyl (C=O) groups is 2. The Balaban J connectivity index is 2.71. The standard InChI is InChI=1S/C10H11NO4/c1-7(13)11-9-4-2-8(3-5-9)10(14)15-6-12/h2-5,12H,6H2,1H3,(H,11,13). The maximum absolute atomic E-state index is 11.1. The van der Waals surface area contributed by atoms with Gasteiger partial charge >= 0.3 is 5.97 Å². The maximum atomic E-state index is 11.1. The fourth-order valence-corrected chi connectivity index (χ4v) is 1.03. The van der Waals surface area contributed by atoms with Gasteiger partial charge in [-0.25, -0.2) is 4.79 Å². The molecule has 0 fully saturated rings. The molecule has 0 saturated heterocycles. The predicted octanol–water partition coefficient (Wildman–Crippen LogP) is 0.752. The van der Waals surface area contributed by atoms with E-state index in [4.69, 9.17) is 5.11 Å². The van der Waals surface area contributed by atoms with Gasteiger partial charge in [0.1, 0.15) is 0 Å². The Morgan fingerprint density at radius 1 is 1.33 bits per heavy atom. The minimum atomic E-state index is -0.647. The van der Waals surface area contributed by atoms with Crippen molar-refractivity contribution in [3.63, 3.8) is 0 Å². The summed E-state index contributed by atoms with van der Waals surface area (Å²) in [7, 11) is 0. The minimum Gasteiger partial charge on any atom is -0.435 e. The SMILES string of the molecule is CC(=O)Nc1ccc(C(=O)OCO)cc1. The second-order valence-electron chi connectivity index (χ2n) is 2.82. The second kappa shape index (κ2) is 5.11.